The lowest BCUT2D eigenvalue weighted by atomic mass is 10.0. The van der Waals surface area contributed by atoms with Crippen LogP contribution in [0.3, 0.4) is 0 Å². The molecule has 0 aromatic heterocycles. The van der Waals surface area contributed by atoms with Crippen molar-refractivity contribution in [3.05, 3.63) is 64.7 Å². The standard InChI is InChI=1S/C17H21N/c1-12-8-10-16(11-9-12)15(4)18-17-13(2)6-5-7-14(17)3/h5-11,15,18H,1-4H3/t15-/m0/s1. The molecule has 0 saturated carbocycles. The van der Waals surface area contributed by atoms with Crippen LogP contribution >= 0.6 is 0 Å². The first-order chi connectivity index (χ1) is 8.58. The minimum absolute atomic E-state index is 0.324. The molecule has 2 rings (SSSR count). The highest BCUT2D eigenvalue weighted by atomic mass is 14.9. The summed E-state index contributed by atoms with van der Waals surface area (Å²) in [4.78, 5) is 0. The number of benzene rings is 2. The van der Waals surface area contributed by atoms with Gasteiger partial charge in [0.1, 0.15) is 0 Å². The van der Waals surface area contributed by atoms with Crippen molar-refractivity contribution in [1.82, 2.24) is 0 Å². The van der Waals surface area contributed by atoms with Crippen LogP contribution < -0.4 is 5.32 Å². The Labute approximate surface area is 110 Å². The molecule has 2 aromatic carbocycles. The first-order valence-electron chi connectivity index (χ1n) is 6.47. The largest absolute Gasteiger partial charge is 0.378 e. The first-order valence-corrected chi connectivity index (χ1v) is 6.47. The van der Waals surface area contributed by atoms with Crippen LogP contribution in [-0.4, -0.2) is 0 Å². The van der Waals surface area contributed by atoms with Crippen molar-refractivity contribution in [2.24, 2.45) is 0 Å². The second-order valence-corrected chi connectivity index (χ2v) is 5.04. The molecular weight excluding hydrogens is 218 g/mol. The van der Waals surface area contributed by atoms with Crippen molar-refractivity contribution in [2.75, 3.05) is 5.32 Å². The van der Waals surface area contributed by atoms with Crippen molar-refractivity contribution in [1.29, 1.82) is 0 Å². The summed E-state index contributed by atoms with van der Waals surface area (Å²) in [6.07, 6.45) is 0. The smallest absolute Gasteiger partial charge is 0.0485 e. The molecule has 0 amide bonds. The Kier molecular flexibility index (Phi) is 3.71. The third-order valence-corrected chi connectivity index (χ3v) is 3.42. The highest BCUT2D eigenvalue weighted by Gasteiger charge is 2.08. The van der Waals surface area contributed by atoms with E-state index in [0.29, 0.717) is 6.04 Å². The van der Waals surface area contributed by atoms with E-state index in [1.54, 1.807) is 0 Å². The van der Waals surface area contributed by atoms with Gasteiger partial charge in [-0.3, -0.25) is 0 Å². The fourth-order valence-electron chi connectivity index (χ4n) is 2.20. The molecule has 1 nitrogen and oxygen atoms in total. The second kappa shape index (κ2) is 5.26. The summed E-state index contributed by atoms with van der Waals surface area (Å²) in [6, 6.07) is 15.4. The van der Waals surface area contributed by atoms with E-state index in [1.807, 2.05) is 0 Å². The summed E-state index contributed by atoms with van der Waals surface area (Å²) >= 11 is 0. The van der Waals surface area contributed by atoms with Crippen LogP contribution in [-0.2, 0) is 0 Å². The van der Waals surface area contributed by atoms with Crippen molar-refractivity contribution in [3.8, 4) is 0 Å². The van der Waals surface area contributed by atoms with Gasteiger partial charge in [-0.15, -0.1) is 0 Å². The van der Waals surface area contributed by atoms with Crippen LogP contribution in [0.1, 0.15) is 35.2 Å². The molecule has 0 bridgehead atoms. The molecule has 0 aliphatic carbocycles. The molecule has 0 heterocycles. The number of hydrogen-bond acceptors (Lipinski definition) is 1. The molecule has 2 aromatic rings. The van der Waals surface area contributed by atoms with E-state index < -0.39 is 0 Å². The number of hydrogen-bond donors (Lipinski definition) is 1. The van der Waals surface area contributed by atoms with E-state index in [2.05, 4.69) is 75.5 Å². The van der Waals surface area contributed by atoms with E-state index in [0.717, 1.165) is 0 Å². The molecular formula is C17H21N. The molecule has 0 aliphatic heterocycles. The number of nitrogens with one attached hydrogen (secondary N) is 1. The summed E-state index contributed by atoms with van der Waals surface area (Å²) < 4.78 is 0. The maximum Gasteiger partial charge on any atom is 0.0485 e. The van der Waals surface area contributed by atoms with E-state index in [4.69, 9.17) is 0 Å². The van der Waals surface area contributed by atoms with Gasteiger partial charge in [-0.1, -0.05) is 48.0 Å². The minimum Gasteiger partial charge on any atom is -0.378 e. The van der Waals surface area contributed by atoms with Gasteiger partial charge in [0.2, 0.25) is 0 Å². The molecule has 1 heteroatoms. The average molecular weight is 239 g/mol. The van der Waals surface area contributed by atoms with Crippen LogP contribution in [0.25, 0.3) is 0 Å². The van der Waals surface area contributed by atoms with Crippen LogP contribution in [0.15, 0.2) is 42.5 Å². The Bertz CT molecular complexity index is 506. The highest BCUT2D eigenvalue weighted by Crippen LogP contribution is 2.25. The van der Waals surface area contributed by atoms with E-state index >= 15 is 0 Å². The van der Waals surface area contributed by atoms with Crippen molar-refractivity contribution in [3.63, 3.8) is 0 Å². The quantitative estimate of drug-likeness (QED) is 0.812. The first kappa shape index (κ1) is 12.7. The molecule has 1 N–H and O–H groups in total. The predicted molar refractivity (Wildman–Crippen MR) is 79.1 cm³/mol. The van der Waals surface area contributed by atoms with Crippen LogP contribution in [0.4, 0.5) is 5.69 Å². The van der Waals surface area contributed by atoms with Crippen LogP contribution in [0.5, 0.6) is 0 Å². The van der Waals surface area contributed by atoms with E-state index in [9.17, 15) is 0 Å². The fraction of sp³-hybridized carbons (Fsp3) is 0.294. The Morgan fingerprint density at radius 2 is 1.39 bits per heavy atom. The lowest BCUT2D eigenvalue weighted by molar-refractivity contribution is 0.879. The summed E-state index contributed by atoms with van der Waals surface area (Å²) in [6.45, 7) is 8.62. The van der Waals surface area contributed by atoms with Gasteiger partial charge in [0.15, 0.2) is 0 Å². The zero-order valence-corrected chi connectivity index (χ0v) is 11.6. The van der Waals surface area contributed by atoms with Gasteiger partial charge in [0, 0.05) is 11.7 Å². The summed E-state index contributed by atoms with van der Waals surface area (Å²) in [5, 5.41) is 3.61. The Morgan fingerprint density at radius 3 is 1.94 bits per heavy atom. The zero-order chi connectivity index (χ0) is 13.1. The Balaban J connectivity index is 2.21. The monoisotopic (exact) mass is 239 g/mol. The highest BCUT2D eigenvalue weighted by molar-refractivity contribution is 5.57. The predicted octanol–water partition coefficient (Wildman–Crippen LogP) is 4.78. The topological polar surface area (TPSA) is 12.0 Å². The van der Waals surface area contributed by atoms with Crippen molar-refractivity contribution >= 4 is 5.69 Å². The maximum atomic E-state index is 3.61. The third-order valence-electron chi connectivity index (χ3n) is 3.42. The average Bonchev–Trinajstić information content (AvgIpc) is 2.34. The second-order valence-electron chi connectivity index (χ2n) is 5.04. The number of rotatable bonds is 3. The van der Waals surface area contributed by atoms with Gasteiger partial charge < -0.3 is 5.32 Å². The summed E-state index contributed by atoms with van der Waals surface area (Å²) in [5.74, 6) is 0. The summed E-state index contributed by atoms with van der Waals surface area (Å²) in [7, 11) is 0. The van der Waals surface area contributed by atoms with Gasteiger partial charge >= 0.3 is 0 Å². The molecule has 0 radical (unpaired) electrons. The zero-order valence-electron chi connectivity index (χ0n) is 11.6. The normalized spacial score (nSPS) is 12.2. The number of para-hydroxylation sites is 1. The van der Waals surface area contributed by atoms with E-state index in [1.165, 1.54) is 27.9 Å². The fourth-order valence-corrected chi connectivity index (χ4v) is 2.20. The molecule has 0 fully saturated rings. The molecule has 0 aliphatic rings. The molecule has 0 saturated heterocycles. The van der Waals surface area contributed by atoms with Gasteiger partial charge in [-0.25, -0.2) is 0 Å². The van der Waals surface area contributed by atoms with E-state index in [-0.39, 0.29) is 0 Å². The van der Waals surface area contributed by atoms with Crippen LogP contribution in [0.2, 0.25) is 0 Å². The van der Waals surface area contributed by atoms with Crippen LogP contribution in [0, 0.1) is 20.8 Å². The minimum atomic E-state index is 0.324. The maximum absolute atomic E-state index is 3.61. The Hall–Kier alpha value is -1.76. The lowest BCUT2D eigenvalue weighted by Crippen LogP contribution is -2.08. The van der Waals surface area contributed by atoms with Gasteiger partial charge in [0.05, 0.1) is 0 Å². The molecule has 18 heavy (non-hydrogen) atoms. The van der Waals surface area contributed by atoms with Crippen molar-refractivity contribution in [2.45, 2.75) is 33.7 Å². The third kappa shape index (κ3) is 2.73. The van der Waals surface area contributed by atoms with Gasteiger partial charge in [-0.05, 0) is 44.4 Å². The molecule has 0 unspecified atom stereocenters. The van der Waals surface area contributed by atoms with Gasteiger partial charge in [0.25, 0.3) is 0 Å². The molecule has 0 spiro atoms. The lowest BCUT2D eigenvalue weighted by Gasteiger charge is -2.19. The molecule has 94 valence electrons. The summed E-state index contributed by atoms with van der Waals surface area (Å²) in [5.41, 5.74) is 6.48. The SMILES string of the molecule is Cc1ccc([C@H](C)Nc2c(C)cccc2C)cc1. The number of anilines is 1. The molecule has 1 atom stereocenters. The van der Waals surface area contributed by atoms with Gasteiger partial charge in [-0.2, -0.15) is 0 Å². The number of aryl methyl sites for hydroxylation is 3. The Morgan fingerprint density at radius 1 is 0.833 bits per heavy atom. The van der Waals surface area contributed by atoms with Crippen molar-refractivity contribution < 1.29 is 0 Å².